The third-order valence-electron chi connectivity index (χ3n) is 9.57. The zero-order valence-electron chi connectivity index (χ0n) is 18.0. The van der Waals surface area contributed by atoms with Crippen molar-refractivity contribution in [3.8, 4) is 0 Å². The van der Waals surface area contributed by atoms with Crippen LogP contribution in [0.25, 0.3) is 0 Å². The first-order valence-corrected chi connectivity index (χ1v) is 11.3. The van der Waals surface area contributed by atoms with E-state index in [1.165, 1.54) is 12.8 Å². The van der Waals surface area contributed by atoms with Gasteiger partial charge in [-0.3, -0.25) is 0 Å². The Kier molecular flexibility index (Phi) is 6.20. The first kappa shape index (κ1) is 22.4. The van der Waals surface area contributed by atoms with Crippen LogP contribution in [0.5, 0.6) is 0 Å². The lowest BCUT2D eigenvalue weighted by atomic mass is 9.72. The minimum atomic E-state index is -4.51. The van der Waals surface area contributed by atoms with E-state index in [1.54, 1.807) is 0 Å². The summed E-state index contributed by atoms with van der Waals surface area (Å²) in [5.41, 5.74) is -2.52. The highest BCUT2D eigenvalue weighted by Gasteiger charge is 2.55. The molecule has 4 bridgehead atoms. The molecule has 11 unspecified atom stereocenters. The Bertz CT molecular complexity index is 538. The molecule has 2 N–H and O–H groups in total. The molecule has 0 radical (unpaired) electrons. The van der Waals surface area contributed by atoms with Crippen molar-refractivity contribution < 1.29 is 23.4 Å². The molecule has 11 atom stereocenters. The molecule has 4 rings (SSSR count). The van der Waals surface area contributed by atoms with Gasteiger partial charge in [0.2, 0.25) is 0 Å². The highest BCUT2D eigenvalue weighted by Crippen LogP contribution is 2.57. The molecule has 5 heteroatoms. The van der Waals surface area contributed by atoms with Crippen LogP contribution in [-0.4, -0.2) is 28.6 Å². The number of aliphatic hydroxyl groups is 2. The molecule has 28 heavy (non-hydrogen) atoms. The number of aliphatic hydroxyl groups excluding tert-OH is 1. The topological polar surface area (TPSA) is 40.5 Å². The summed E-state index contributed by atoms with van der Waals surface area (Å²) in [4.78, 5) is 0. The third-order valence-corrected chi connectivity index (χ3v) is 9.57. The van der Waals surface area contributed by atoms with Crippen molar-refractivity contribution in [2.75, 3.05) is 6.61 Å². The second kappa shape index (κ2) is 7.76. The van der Waals surface area contributed by atoms with Gasteiger partial charge in [0.25, 0.3) is 0 Å². The summed E-state index contributed by atoms with van der Waals surface area (Å²) in [6, 6.07) is 0. The molecular weight excluding hydrogens is 365 g/mol. The standard InChI is InChI=1S/C13H21F3O.C10H18O/c1-7-8(2)11-5-9(7)4-10(11)6-12(3,17)13(14,15)16;1-6-7(2)10-4-8(6)3-9(10)5-11/h7-11,17H,4-6H2,1-3H3;6-11H,3-5H2,1-2H3. The molecule has 0 aromatic heterocycles. The monoisotopic (exact) mass is 404 g/mol. The van der Waals surface area contributed by atoms with Gasteiger partial charge < -0.3 is 10.2 Å². The highest BCUT2D eigenvalue weighted by atomic mass is 19.4. The largest absolute Gasteiger partial charge is 0.416 e. The average Bonchev–Trinajstić information content (AvgIpc) is 3.32. The van der Waals surface area contributed by atoms with Gasteiger partial charge in [-0.1, -0.05) is 27.7 Å². The Hall–Kier alpha value is -0.290. The Labute approximate surface area is 168 Å². The van der Waals surface area contributed by atoms with Crippen LogP contribution in [0, 0.1) is 59.2 Å². The lowest BCUT2D eigenvalue weighted by molar-refractivity contribution is -0.260. The molecule has 2 nitrogen and oxygen atoms in total. The van der Waals surface area contributed by atoms with Crippen LogP contribution >= 0.6 is 0 Å². The van der Waals surface area contributed by atoms with E-state index in [0.29, 0.717) is 36.2 Å². The molecule has 4 fully saturated rings. The second-order valence-electron chi connectivity index (χ2n) is 10.9. The zero-order valence-corrected chi connectivity index (χ0v) is 18.0. The highest BCUT2D eigenvalue weighted by molar-refractivity contribution is 5.00. The fourth-order valence-corrected chi connectivity index (χ4v) is 7.26. The normalized spacial score (nSPS) is 49.1. The predicted octanol–water partition coefficient (Wildman–Crippen LogP) is 5.52. The minimum absolute atomic E-state index is 0.0443. The van der Waals surface area contributed by atoms with E-state index in [-0.39, 0.29) is 12.3 Å². The van der Waals surface area contributed by atoms with E-state index in [4.69, 9.17) is 5.11 Å². The Morgan fingerprint density at radius 3 is 1.54 bits per heavy atom. The Balaban J connectivity index is 0.000000176. The smallest absolute Gasteiger partial charge is 0.396 e. The summed E-state index contributed by atoms with van der Waals surface area (Å²) in [5, 5.41) is 18.7. The molecular formula is C23H39F3O2. The fraction of sp³-hybridized carbons (Fsp3) is 1.00. The molecule has 0 spiro atoms. The maximum absolute atomic E-state index is 12.7. The summed E-state index contributed by atoms with van der Waals surface area (Å²) in [7, 11) is 0. The van der Waals surface area contributed by atoms with E-state index in [1.807, 2.05) is 0 Å². The molecule has 4 aliphatic rings. The van der Waals surface area contributed by atoms with E-state index >= 15 is 0 Å². The third kappa shape index (κ3) is 3.87. The van der Waals surface area contributed by atoms with Crippen LogP contribution in [0.15, 0.2) is 0 Å². The lowest BCUT2D eigenvalue weighted by Crippen LogP contribution is -2.45. The number of hydrogen-bond acceptors (Lipinski definition) is 2. The van der Waals surface area contributed by atoms with Gasteiger partial charge in [0, 0.05) is 6.61 Å². The zero-order chi connectivity index (χ0) is 21.0. The van der Waals surface area contributed by atoms with Crippen molar-refractivity contribution in [3.63, 3.8) is 0 Å². The lowest BCUT2D eigenvalue weighted by Gasteiger charge is -2.36. The van der Waals surface area contributed by atoms with Gasteiger partial charge in [0.05, 0.1) is 0 Å². The van der Waals surface area contributed by atoms with Crippen molar-refractivity contribution in [2.24, 2.45) is 59.2 Å². The van der Waals surface area contributed by atoms with Crippen LogP contribution in [0.2, 0.25) is 0 Å². The van der Waals surface area contributed by atoms with Crippen molar-refractivity contribution in [3.05, 3.63) is 0 Å². The van der Waals surface area contributed by atoms with Crippen LogP contribution in [-0.2, 0) is 0 Å². The molecule has 0 aromatic rings. The molecule has 0 aromatic carbocycles. The van der Waals surface area contributed by atoms with E-state index in [0.717, 1.165) is 43.4 Å². The van der Waals surface area contributed by atoms with Gasteiger partial charge in [0.15, 0.2) is 5.60 Å². The molecule has 0 amide bonds. The van der Waals surface area contributed by atoms with Crippen LogP contribution in [0.1, 0.15) is 66.7 Å². The predicted molar refractivity (Wildman–Crippen MR) is 104 cm³/mol. The first-order chi connectivity index (χ1) is 12.9. The number of rotatable bonds is 3. The average molecular weight is 405 g/mol. The summed E-state index contributed by atoms with van der Waals surface area (Å²) in [6.45, 7) is 10.4. The quantitative estimate of drug-likeness (QED) is 0.650. The Morgan fingerprint density at radius 1 is 0.750 bits per heavy atom. The second-order valence-corrected chi connectivity index (χ2v) is 10.9. The van der Waals surface area contributed by atoms with Crippen molar-refractivity contribution in [1.29, 1.82) is 0 Å². The molecule has 0 saturated heterocycles. The van der Waals surface area contributed by atoms with E-state index < -0.39 is 11.8 Å². The van der Waals surface area contributed by atoms with Crippen LogP contribution in [0.4, 0.5) is 13.2 Å². The summed E-state index contributed by atoms with van der Waals surface area (Å²) in [5.74, 6) is 6.35. The SMILES string of the molecule is CC1C2CC(CC(C)(O)C(F)(F)F)C(C2)C1C.CC1C2CC(CO)C(C2)C1C. The van der Waals surface area contributed by atoms with Gasteiger partial charge >= 0.3 is 6.18 Å². The summed E-state index contributed by atoms with van der Waals surface area (Å²) < 4.78 is 38.0. The molecule has 4 aliphatic carbocycles. The fourth-order valence-electron chi connectivity index (χ4n) is 7.26. The van der Waals surface area contributed by atoms with Crippen molar-refractivity contribution >= 4 is 0 Å². The number of hydrogen-bond donors (Lipinski definition) is 2. The van der Waals surface area contributed by atoms with Gasteiger partial charge in [-0.2, -0.15) is 13.2 Å². The molecule has 0 heterocycles. The van der Waals surface area contributed by atoms with E-state index in [9.17, 15) is 18.3 Å². The van der Waals surface area contributed by atoms with Crippen molar-refractivity contribution in [1.82, 2.24) is 0 Å². The maximum atomic E-state index is 12.7. The summed E-state index contributed by atoms with van der Waals surface area (Å²) >= 11 is 0. The van der Waals surface area contributed by atoms with Crippen LogP contribution in [0.3, 0.4) is 0 Å². The van der Waals surface area contributed by atoms with Crippen molar-refractivity contribution in [2.45, 2.75) is 78.5 Å². The van der Waals surface area contributed by atoms with Gasteiger partial charge in [-0.05, 0) is 98.2 Å². The first-order valence-electron chi connectivity index (χ1n) is 11.3. The van der Waals surface area contributed by atoms with Gasteiger partial charge in [-0.25, -0.2) is 0 Å². The van der Waals surface area contributed by atoms with E-state index in [2.05, 4.69) is 27.7 Å². The number of alkyl halides is 3. The number of halogens is 3. The van der Waals surface area contributed by atoms with Crippen LogP contribution < -0.4 is 0 Å². The molecule has 164 valence electrons. The summed E-state index contributed by atoms with van der Waals surface area (Å²) in [6.07, 6.45) is -0.0258. The van der Waals surface area contributed by atoms with Gasteiger partial charge in [-0.15, -0.1) is 0 Å². The number of fused-ring (bicyclic) bond motifs is 4. The molecule has 4 saturated carbocycles. The minimum Gasteiger partial charge on any atom is -0.396 e. The van der Waals surface area contributed by atoms with Gasteiger partial charge in [0.1, 0.15) is 0 Å². The Morgan fingerprint density at radius 2 is 1.18 bits per heavy atom. The maximum Gasteiger partial charge on any atom is 0.416 e. The molecule has 0 aliphatic heterocycles.